The number of allylic oxidation sites excluding steroid dienone is 1. The molecule has 0 bridgehead atoms. The van der Waals surface area contributed by atoms with Gasteiger partial charge in [-0.3, -0.25) is 4.79 Å². The molecule has 0 radical (unpaired) electrons. The lowest BCUT2D eigenvalue weighted by Crippen LogP contribution is -2.35. The molecule has 1 saturated heterocycles. The van der Waals surface area contributed by atoms with Crippen molar-refractivity contribution in [1.82, 2.24) is 4.90 Å². The Balaban J connectivity index is 2.57. The van der Waals surface area contributed by atoms with Crippen LogP contribution in [0.5, 0.6) is 0 Å². The van der Waals surface area contributed by atoms with Crippen LogP contribution in [0.25, 0.3) is 0 Å². The zero-order valence-electron chi connectivity index (χ0n) is 9.12. The van der Waals surface area contributed by atoms with E-state index in [9.17, 15) is 4.79 Å². The molecule has 0 aliphatic carbocycles. The van der Waals surface area contributed by atoms with Gasteiger partial charge in [0.25, 0.3) is 0 Å². The minimum Gasteiger partial charge on any atom is -0.336 e. The lowest BCUT2D eigenvalue weighted by molar-refractivity contribution is -0.126. The second kappa shape index (κ2) is 5.15. The Morgan fingerprint density at radius 2 is 2.29 bits per heavy atom. The zero-order chi connectivity index (χ0) is 10.6. The van der Waals surface area contributed by atoms with E-state index in [-0.39, 0.29) is 5.91 Å². The molecule has 1 aliphatic rings. The van der Waals surface area contributed by atoms with E-state index in [2.05, 4.69) is 0 Å². The topological polar surface area (TPSA) is 46.3 Å². The van der Waals surface area contributed by atoms with Crippen molar-refractivity contribution in [1.29, 1.82) is 0 Å². The van der Waals surface area contributed by atoms with Gasteiger partial charge in [-0.2, -0.15) is 0 Å². The van der Waals surface area contributed by atoms with Crippen molar-refractivity contribution in [3.8, 4) is 0 Å². The minimum atomic E-state index is 0.154. The number of hydrogen-bond acceptors (Lipinski definition) is 2. The zero-order valence-corrected chi connectivity index (χ0v) is 9.12. The lowest BCUT2D eigenvalue weighted by atomic mass is 10.1. The molecule has 1 amide bonds. The Morgan fingerprint density at radius 1 is 1.57 bits per heavy atom. The molecule has 80 valence electrons. The maximum Gasteiger partial charge on any atom is 0.246 e. The van der Waals surface area contributed by atoms with Gasteiger partial charge < -0.3 is 10.6 Å². The quantitative estimate of drug-likeness (QED) is 0.691. The molecule has 1 unspecified atom stereocenters. The number of nitrogens with zero attached hydrogens (tertiary/aromatic N) is 1. The van der Waals surface area contributed by atoms with Crippen LogP contribution in [0.4, 0.5) is 0 Å². The van der Waals surface area contributed by atoms with Crippen LogP contribution in [0.2, 0.25) is 0 Å². The van der Waals surface area contributed by atoms with E-state index in [1.807, 2.05) is 18.7 Å². The van der Waals surface area contributed by atoms with Gasteiger partial charge in [-0.1, -0.05) is 5.57 Å². The van der Waals surface area contributed by atoms with Crippen LogP contribution in [-0.4, -0.2) is 29.9 Å². The number of nitrogens with two attached hydrogens (primary N) is 1. The average molecular weight is 196 g/mol. The molecule has 1 heterocycles. The molecular weight excluding hydrogens is 176 g/mol. The monoisotopic (exact) mass is 196 g/mol. The fraction of sp³-hybridized carbons (Fsp3) is 0.727. The highest BCUT2D eigenvalue weighted by molar-refractivity contribution is 5.88. The average Bonchev–Trinajstić information content (AvgIpc) is 2.51. The lowest BCUT2D eigenvalue weighted by Gasteiger charge is -2.23. The van der Waals surface area contributed by atoms with Gasteiger partial charge in [0.2, 0.25) is 5.91 Å². The maximum atomic E-state index is 11.7. The molecule has 3 heteroatoms. The van der Waals surface area contributed by atoms with Gasteiger partial charge in [-0.05, 0) is 39.7 Å². The Kier molecular flexibility index (Phi) is 4.14. The van der Waals surface area contributed by atoms with E-state index < -0.39 is 0 Å². The number of hydrogen-bond donors (Lipinski definition) is 1. The molecule has 0 aromatic rings. The van der Waals surface area contributed by atoms with Gasteiger partial charge in [0, 0.05) is 18.7 Å². The predicted molar refractivity (Wildman–Crippen MR) is 57.8 cm³/mol. The molecule has 3 nitrogen and oxygen atoms in total. The van der Waals surface area contributed by atoms with Crippen LogP contribution in [0, 0.1) is 0 Å². The summed E-state index contributed by atoms with van der Waals surface area (Å²) in [7, 11) is 0. The van der Waals surface area contributed by atoms with Gasteiger partial charge in [-0.25, -0.2) is 0 Å². The SMILES string of the molecule is CC(C)=CC(=O)N1CCCC1CCN. The summed E-state index contributed by atoms with van der Waals surface area (Å²) in [6, 6.07) is 0.378. The van der Waals surface area contributed by atoms with E-state index in [0.717, 1.165) is 31.4 Å². The molecule has 1 fully saturated rings. The molecule has 1 aliphatic heterocycles. The summed E-state index contributed by atoms with van der Waals surface area (Å²) in [6.45, 7) is 5.47. The van der Waals surface area contributed by atoms with Gasteiger partial charge in [0.15, 0.2) is 0 Å². The summed E-state index contributed by atoms with van der Waals surface area (Å²) in [5.41, 5.74) is 6.58. The maximum absolute atomic E-state index is 11.7. The summed E-state index contributed by atoms with van der Waals surface area (Å²) < 4.78 is 0. The van der Waals surface area contributed by atoms with E-state index in [4.69, 9.17) is 5.73 Å². The summed E-state index contributed by atoms with van der Waals surface area (Å²) in [5, 5.41) is 0. The fourth-order valence-electron chi connectivity index (χ4n) is 1.95. The van der Waals surface area contributed by atoms with Crippen LogP contribution in [-0.2, 0) is 4.79 Å². The van der Waals surface area contributed by atoms with Crippen molar-refractivity contribution in [3.05, 3.63) is 11.6 Å². The summed E-state index contributed by atoms with van der Waals surface area (Å²) in [4.78, 5) is 13.7. The van der Waals surface area contributed by atoms with E-state index >= 15 is 0 Å². The van der Waals surface area contributed by atoms with Crippen LogP contribution in [0.15, 0.2) is 11.6 Å². The predicted octanol–water partition coefficient (Wildman–Crippen LogP) is 1.29. The Morgan fingerprint density at radius 3 is 2.86 bits per heavy atom. The second-order valence-electron chi connectivity index (χ2n) is 4.13. The van der Waals surface area contributed by atoms with E-state index in [0.29, 0.717) is 12.6 Å². The first-order valence-corrected chi connectivity index (χ1v) is 5.30. The highest BCUT2D eigenvalue weighted by Crippen LogP contribution is 2.20. The summed E-state index contributed by atoms with van der Waals surface area (Å²) >= 11 is 0. The smallest absolute Gasteiger partial charge is 0.246 e. The van der Waals surface area contributed by atoms with Crippen molar-refractivity contribution < 1.29 is 4.79 Å². The van der Waals surface area contributed by atoms with Crippen molar-refractivity contribution in [2.45, 2.75) is 39.2 Å². The normalized spacial score (nSPS) is 21.1. The molecule has 14 heavy (non-hydrogen) atoms. The number of carbonyl (C=O) groups is 1. The summed E-state index contributed by atoms with van der Waals surface area (Å²) in [6.07, 6.45) is 4.88. The van der Waals surface area contributed by atoms with Gasteiger partial charge in [0.1, 0.15) is 0 Å². The second-order valence-corrected chi connectivity index (χ2v) is 4.13. The molecule has 1 atom stereocenters. The largest absolute Gasteiger partial charge is 0.336 e. The van der Waals surface area contributed by atoms with Gasteiger partial charge >= 0.3 is 0 Å². The van der Waals surface area contributed by atoms with E-state index in [1.165, 1.54) is 0 Å². The van der Waals surface area contributed by atoms with Crippen molar-refractivity contribution in [2.24, 2.45) is 5.73 Å². The molecule has 0 aromatic carbocycles. The number of rotatable bonds is 3. The molecule has 1 rings (SSSR count). The van der Waals surface area contributed by atoms with Gasteiger partial charge in [-0.15, -0.1) is 0 Å². The minimum absolute atomic E-state index is 0.154. The first kappa shape index (κ1) is 11.2. The highest BCUT2D eigenvalue weighted by Gasteiger charge is 2.26. The molecule has 0 spiro atoms. The van der Waals surface area contributed by atoms with Crippen molar-refractivity contribution in [2.75, 3.05) is 13.1 Å². The fourth-order valence-corrected chi connectivity index (χ4v) is 1.95. The van der Waals surface area contributed by atoms with Crippen molar-refractivity contribution in [3.63, 3.8) is 0 Å². The van der Waals surface area contributed by atoms with Crippen molar-refractivity contribution >= 4 is 5.91 Å². The number of carbonyl (C=O) groups excluding carboxylic acids is 1. The van der Waals surface area contributed by atoms with Crippen LogP contribution >= 0.6 is 0 Å². The summed E-state index contributed by atoms with van der Waals surface area (Å²) in [5.74, 6) is 0.154. The number of likely N-dealkylation sites (tertiary alicyclic amines) is 1. The Labute approximate surface area is 86.0 Å². The first-order valence-electron chi connectivity index (χ1n) is 5.30. The van der Waals surface area contributed by atoms with Gasteiger partial charge in [0.05, 0.1) is 0 Å². The van der Waals surface area contributed by atoms with Crippen LogP contribution in [0.3, 0.4) is 0 Å². The standard InChI is InChI=1S/C11H20N2O/c1-9(2)8-11(14)13-7-3-4-10(13)5-6-12/h8,10H,3-7,12H2,1-2H3. The molecular formula is C11H20N2O. The third-order valence-electron chi connectivity index (χ3n) is 2.57. The highest BCUT2D eigenvalue weighted by atomic mass is 16.2. The molecule has 0 saturated carbocycles. The first-order chi connectivity index (χ1) is 6.65. The van der Waals surface area contributed by atoms with Crippen LogP contribution < -0.4 is 5.73 Å². The number of amides is 1. The van der Waals surface area contributed by atoms with E-state index in [1.54, 1.807) is 6.08 Å². The van der Waals surface area contributed by atoms with Crippen LogP contribution in [0.1, 0.15) is 33.1 Å². The Hall–Kier alpha value is -0.830. The molecule has 2 N–H and O–H groups in total. The Bertz CT molecular complexity index is 231. The third-order valence-corrected chi connectivity index (χ3v) is 2.57. The third kappa shape index (κ3) is 2.84. The molecule has 0 aromatic heterocycles.